The van der Waals surface area contributed by atoms with Crippen molar-refractivity contribution in [2.24, 2.45) is 11.7 Å². The van der Waals surface area contributed by atoms with E-state index in [1.54, 1.807) is 0 Å². The Morgan fingerprint density at radius 1 is 1.16 bits per heavy atom. The molecule has 4 N–H and O–H groups in total. The number of piperidine rings is 1. The van der Waals surface area contributed by atoms with Crippen molar-refractivity contribution in [3.05, 3.63) is 24.3 Å². The van der Waals surface area contributed by atoms with Gasteiger partial charge < -0.3 is 25.4 Å². The van der Waals surface area contributed by atoms with Gasteiger partial charge in [-0.05, 0) is 31.2 Å². The molecule has 0 aliphatic carbocycles. The number of nitrogens with one attached hydrogen (secondary N) is 2. The zero-order valence-corrected chi connectivity index (χ0v) is 14.8. The molecule has 0 unspecified atom stereocenters. The van der Waals surface area contributed by atoms with Crippen molar-refractivity contribution in [2.45, 2.75) is 19.8 Å². The lowest BCUT2D eigenvalue weighted by Crippen LogP contribution is -3.14. The first-order valence-corrected chi connectivity index (χ1v) is 8.83. The Bertz CT molecular complexity index is 554. The van der Waals surface area contributed by atoms with Crippen LogP contribution >= 0.6 is 0 Å². The summed E-state index contributed by atoms with van der Waals surface area (Å²) in [6.45, 7) is 5.49. The van der Waals surface area contributed by atoms with Crippen LogP contribution in [0.5, 0.6) is 11.5 Å². The van der Waals surface area contributed by atoms with E-state index in [1.165, 1.54) is 4.90 Å². The summed E-state index contributed by atoms with van der Waals surface area (Å²) >= 11 is 0. The molecule has 25 heavy (non-hydrogen) atoms. The summed E-state index contributed by atoms with van der Waals surface area (Å²) in [6.07, 6.45) is 1.53. The summed E-state index contributed by atoms with van der Waals surface area (Å²) in [7, 11) is 0. The Morgan fingerprint density at radius 2 is 1.76 bits per heavy atom. The topological polar surface area (TPSA) is 95.1 Å². The van der Waals surface area contributed by atoms with Gasteiger partial charge >= 0.3 is 0 Å². The van der Waals surface area contributed by atoms with Crippen molar-refractivity contribution in [1.82, 2.24) is 5.32 Å². The highest BCUT2D eigenvalue weighted by atomic mass is 16.5. The number of quaternary nitrogens is 1. The van der Waals surface area contributed by atoms with Gasteiger partial charge in [-0.1, -0.05) is 0 Å². The lowest BCUT2D eigenvalue weighted by Gasteiger charge is -2.27. The predicted molar refractivity (Wildman–Crippen MR) is 93.6 cm³/mol. The first kappa shape index (κ1) is 19.1. The normalized spacial score (nSPS) is 19.9. The fraction of sp³-hybridized carbons (Fsp3) is 0.556. The Morgan fingerprint density at radius 3 is 2.32 bits per heavy atom. The van der Waals surface area contributed by atoms with Gasteiger partial charge in [0.05, 0.1) is 26.2 Å². The van der Waals surface area contributed by atoms with Crippen LogP contribution in [-0.2, 0) is 9.59 Å². The number of carbonyl (C=O) groups excluding carboxylic acids is 2. The van der Waals surface area contributed by atoms with E-state index in [0.717, 1.165) is 37.4 Å². The number of rotatable bonds is 9. The highest BCUT2D eigenvalue weighted by Crippen LogP contribution is 2.17. The maximum atomic E-state index is 12.0. The zero-order chi connectivity index (χ0) is 18.1. The van der Waals surface area contributed by atoms with E-state index in [9.17, 15) is 9.59 Å². The van der Waals surface area contributed by atoms with Crippen molar-refractivity contribution >= 4 is 11.8 Å². The predicted octanol–water partition coefficient (Wildman–Crippen LogP) is -0.639. The van der Waals surface area contributed by atoms with Crippen LogP contribution in [0.1, 0.15) is 19.8 Å². The number of amides is 2. The van der Waals surface area contributed by atoms with Gasteiger partial charge in [0.1, 0.15) is 18.1 Å². The molecule has 1 aromatic carbocycles. The van der Waals surface area contributed by atoms with E-state index < -0.39 is 0 Å². The highest BCUT2D eigenvalue weighted by Gasteiger charge is 2.26. The van der Waals surface area contributed by atoms with Crippen LogP contribution < -0.4 is 25.4 Å². The van der Waals surface area contributed by atoms with Gasteiger partial charge in [0.15, 0.2) is 6.54 Å². The molecule has 1 aliphatic heterocycles. The summed E-state index contributed by atoms with van der Waals surface area (Å²) in [5, 5.41) is 2.86. The van der Waals surface area contributed by atoms with Crippen LogP contribution in [0.15, 0.2) is 24.3 Å². The van der Waals surface area contributed by atoms with Crippen LogP contribution in [0.25, 0.3) is 0 Å². The average Bonchev–Trinajstić information content (AvgIpc) is 2.61. The van der Waals surface area contributed by atoms with Gasteiger partial charge in [0, 0.05) is 18.8 Å². The Balaban J connectivity index is 1.58. The third kappa shape index (κ3) is 6.62. The standard InChI is InChI=1S/C18H27N3O4/c1-2-24-15-3-5-16(6-4-15)25-12-9-20-17(22)13-21-10-7-14(8-11-21)18(19)23/h3-6,14H,2,7-13H2,1H3,(H2,19,23)(H,20,22)/p+1. The van der Waals surface area contributed by atoms with Gasteiger partial charge in [0.2, 0.25) is 5.91 Å². The molecule has 1 fully saturated rings. The van der Waals surface area contributed by atoms with Crippen LogP contribution in [-0.4, -0.2) is 51.2 Å². The summed E-state index contributed by atoms with van der Waals surface area (Å²) < 4.78 is 11.0. The van der Waals surface area contributed by atoms with Crippen molar-refractivity contribution in [2.75, 3.05) is 39.4 Å². The molecule has 2 rings (SSSR count). The first-order valence-electron chi connectivity index (χ1n) is 8.83. The zero-order valence-electron chi connectivity index (χ0n) is 14.8. The molecule has 0 saturated carbocycles. The molecule has 1 aromatic rings. The molecular weight excluding hydrogens is 322 g/mol. The molecule has 0 radical (unpaired) electrons. The monoisotopic (exact) mass is 350 g/mol. The minimum Gasteiger partial charge on any atom is -0.494 e. The highest BCUT2D eigenvalue weighted by molar-refractivity contribution is 5.77. The van der Waals surface area contributed by atoms with Crippen LogP contribution in [0.4, 0.5) is 0 Å². The molecule has 138 valence electrons. The fourth-order valence-corrected chi connectivity index (χ4v) is 2.93. The van der Waals surface area contributed by atoms with Crippen LogP contribution in [0.3, 0.4) is 0 Å². The first-order chi connectivity index (χ1) is 12.1. The number of primary amides is 1. The molecule has 1 heterocycles. The lowest BCUT2D eigenvalue weighted by molar-refractivity contribution is -0.897. The second-order valence-corrected chi connectivity index (χ2v) is 6.21. The molecule has 7 heteroatoms. The largest absolute Gasteiger partial charge is 0.494 e. The van der Waals surface area contributed by atoms with E-state index in [2.05, 4.69) is 5.32 Å². The van der Waals surface area contributed by atoms with Crippen molar-refractivity contribution < 1.29 is 24.0 Å². The minimum absolute atomic E-state index is 0.00261. The fourth-order valence-electron chi connectivity index (χ4n) is 2.93. The van der Waals surface area contributed by atoms with Gasteiger partial charge in [-0.3, -0.25) is 9.59 Å². The lowest BCUT2D eigenvalue weighted by atomic mass is 9.96. The van der Waals surface area contributed by atoms with Gasteiger partial charge in [0.25, 0.3) is 5.91 Å². The number of likely N-dealkylation sites (tertiary alicyclic amines) is 1. The SMILES string of the molecule is CCOc1ccc(OCCNC(=O)C[NH+]2CCC(C(N)=O)CC2)cc1. The Hall–Kier alpha value is -2.28. The maximum Gasteiger partial charge on any atom is 0.275 e. The molecule has 0 spiro atoms. The molecule has 1 saturated heterocycles. The molecular formula is C18H28N3O4+. The van der Waals surface area contributed by atoms with Gasteiger partial charge in [-0.15, -0.1) is 0 Å². The molecule has 1 aliphatic rings. The summed E-state index contributed by atoms with van der Waals surface area (Å²) in [5.74, 6) is 1.30. The molecule has 2 amide bonds. The quantitative estimate of drug-likeness (QED) is 0.516. The number of hydrogen-bond acceptors (Lipinski definition) is 4. The number of hydrogen-bond donors (Lipinski definition) is 3. The minimum atomic E-state index is -0.227. The van der Waals surface area contributed by atoms with E-state index in [4.69, 9.17) is 15.2 Å². The van der Waals surface area contributed by atoms with Crippen molar-refractivity contribution in [3.8, 4) is 11.5 Å². The number of nitrogens with two attached hydrogens (primary N) is 1. The van der Waals surface area contributed by atoms with Gasteiger partial charge in [-0.25, -0.2) is 0 Å². The van der Waals surface area contributed by atoms with E-state index in [-0.39, 0.29) is 17.7 Å². The summed E-state index contributed by atoms with van der Waals surface area (Å²) in [6, 6.07) is 7.41. The second kappa shape index (κ2) is 9.88. The van der Waals surface area contributed by atoms with E-state index >= 15 is 0 Å². The third-order valence-electron chi connectivity index (χ3n) is 4.33. The Kier molecular flexibility index (Phi) is 7.53. The summed E-state index contributed by atoms with van der Waals surface area (Å²) in [5.41, 5.74) is 5.32. The van der Waals surface area contributed by atoms with Crippen molar-refractivity contribution in [1.29, 1.82) is 0 Å². The van der Waals surface area contributed by atoms with Crippen molar-refractivity contribution in [3.63, 3.8) is 0 Å². The van der Waals surface area contributed by atoms with Gasteiger partial charge in [-0.2, -0.15) is 0 Å². The van der Waals surface area contributed by atoms with E-state index in [0.29, 0.717) is 26.3 Å². The molecule has 0 atom stereocenters. The molecule has 7 nitrogen and oxygen atoms in total. The smallest absolute Gasteiger partial charge is 0.275 e. The third-order valence-corrected chi connectivity index (χ3v) is 4.33. The number of benzene rings is 1. The Labute approximate surface area is 148 Å². The number of carbonyl (C=O) groups is 2. The molecule has 0 bridgehead atoms. The number of ether oxygens (including phenoxy) is 2. The second-order valence-electron chi connectivity index (χ2n) is 6.21. The van der Waals surface area contributed by atoms with E-state index in [1.807, 2.05) is 31.2 Å². The van der Waals surface area contributed by atoms with Crippen LogP contribution in [0.2, 0.25) is 0 Å². The average molecular weight is 350 g/mol. The molecule has 0 aromatic heterocycles. The van der Waals surface area contributed by atoms with Crippen LogP contribution in [0, 0.1) is 5.92 Å². The summed E-state index contributed by atoms with van der Waals surface area (Å²) in [4.78, 5) is 24.3. The maximum absolute atomic E-state index is 12.0.